The molecule has 0 saturated heterocycles. The Balaban J connectivity index is 2.55. The molecule has 0 aliphatic carbocycles. The molecule has 0 saturated carbocycles. The molecule has 1 aromatic heterocycles. The zero-order valence-electron chi connectivity index (χ0n) is 7.30. The second-order valence-corrected chi connectivity index (χ2v) is 2.31. The van der Waals surface area contributed by atoms with Crippen molar-refractivity contribution in [3.63, 3.8) is 0 Å². The van der Waals surface area contributed by atoms with Gasteiger partial charge in [0.25, 0.3) is 0 Å². The van der Waals surface area contributed by atoms with Gasteiger partial charge in [-0.15, -0.1) is 0 Å². The molecule has 1 heterocycles. The quantitative estimate of drug-likeness (QED) is 0.654. The summed E-state index contributed by atoms with van der Waals surface area (Å²) in [7, 11) is 0. The number of carboxylic acids is 1. The maximum atomic E-state index is 10.6. The van der Waals surface area contributed by atoms with Crippen LogP contribution >= 0.6 is 0 Å². The van der Waals surface area contributed by atoms with Gasteiger partial charge >= 0.3 is 5.97 Å². The van der Waals surface area contributed by atoms with E-state index in [2.05, 4.69) is 10.1 Å². The second-order valence-electron chi connectivity index (χ2n) is 2.31. The lowest BCUT2D eigenvalue weighted by Gasteiger charge is -2.02. The van der Waals surface area contributed by atoms with Gasteiger partial charge in [-0.05, 0) is 6.92 Å². The first-order chi connectivity index (χ1) is 6.25. The molecule has 13 heavy (non-hydrogen) atoms. The fourth-order valence-electron chi connectivity index (χ4n) is 0.889. The lowest BCUT2D eigenvalue weighted by molar-refractivity contribution is 0.0671. The Kier molecular flexibility index (Phi) is 3.39. The summed E-state index contributed by atoms with van der Waals surface area (Å²) in [6.45, 7) is 3.34. The molecule has 0 fully saturated rings. The maximum absolute atomic E-state index is 10.6. The Bertz CT molecular complexity index is 284. The first-order valence-corrected chi connectivity index (χ1v) is 3.94. The predicted octanol–water partition coefficient (Wildman–Crippen LogP) is 0.0128. The predicted molar refractivity (Wildman–Crippen MR) is 43.5 cm³/mol. The fourth-order valence-corrected chi connectivity index (χ4v) is 0.889. The number of ether oxygens (including phenoxy) is 1. The highest BCUT2D eigenvalue weighted by atomic mass is 16.5. The number of hydrogen-bond donors (Lipinski definition) is 1. The van der Waals surface area contributed by atoms with Crippen molar-refractivity contribution in [2.75, 3.05) is 13.2 Å². The maximum Gasteiger partial charge on any atom is 0.373 e. The molecule has 0 aromatic carbocycles. The largest absolute Gasteiger partial charge is 0.475 e. The molecule has 0 radical (unpaired) electrons. The van der Waals surface area contributed by atoms with Crippen LogP contribution in [-0.4, -0.2) is 39.1 Å². The number of carboxylic acid groups (broad SMARTS) is 1. The Morgan fingerprint density at radius 2 is 2.54 bits per heavy atom. The molecule has 0 spiro atoms. The third kappa shape index (κ3) is 2.51. The molecule has 1 aromatic rings. The molecule has 0 amide bonds. The first kappa shape index (κ1) is 9.66. The van der Waals surface area contributed by atoms with E-state index in [0.29, 0.717) is 19.8 Å². The van der Waals surface area contributed by atoms with Gasteiger partial charge in [-0.3, -0.25) is 0 Å². The van der Waals surface area contributed by atoms with Gasteiger partial charge in [-0.25, -0.2) is 14.5 Å². The topological polar surface area (TPSA) is 77.2 Å². The molecule has 1 rings (SSSR count). The Hall–Kier alpha value is -1.43. The van der Waals surface area contributed by atoms with Crippen molar-refractivity contribution in [3.05, 3.63) is 12.2 Å². The van der Waals surface area contributed by atoms with Gasteiger partial charge in [0, 0.05) is 6.61 Å². The molecule has 1 N–H and O–H groups in total. The minimum absolute atomic E-state index is 0.0558. The number of nitrogens with zero attached hydrogens (tertiary/aromatic N) is 3. The normalized spacial score (nSPS) is 10.2. The van der Waals surface area contributed by atoms with E-state index in [0.717, 1.165) is 0 Å². The standard InChI is InChI=1S/C7H11N3O3/c1-2-13-4-3-10-6(7(11)12)8-5-9-10/h5H,2-4H2,1H3,(H,11,12). The van der Waals surface area contributed by atoms with Crippen molar-refractivity contribution in [1.82, 2.24) is 14.8 Å². The van der Waals surface area contributed by atoms with E-state index in [9.17, 15) is 4.79 Å². The van der Waals surface area contributed by atoms with E-state index < -0.39 is 5.97 Å². The summed E-state index contributed by atoms with van der Waals surface area (Å²) in [5.41, 5.74) is 0. The van der Waals surface area contributed by atoms with Gasteiger partial charge < -0.3 is 9.84 Å². The summed E-state index contributed by atoms with van der Waals surface area (Å²) in [5, 5.41) is 12.4. The Labute approximate surface area is 75.2 Å². The van der Waals surface area contributed by atoms with Crippen molar-refractivity contribution in [3.8, 4) is 0 Å². The molecule has 0 unspecified atom stereocenters. The van der Waals surface area contributed by atoms with Gasteiger partial charge in [0.15, 0.2) is 0 Å². The zero-order valence-corrected chi connectivity index (χ0v) is 7.30. The minimum atomic E-state index is -1.08. The lowest BCUT2D eigenvalue weighted by atomic mass is 10.6. The third-order valence-electron chi connectivity index (χ3n) is 1.46. The Morgan fingerprint density at radius 3 is 3.15 bits per heavy atom. The van der Waals surface area contributed by atoms with Crippen LogP contribution < -0.4 is 0 Å². The number of aromatic carboxylic acids is 1. The van der Waals surface area contributed by atoms with Crippen LogP contribution in [0.3, 0.4) is 0 Å². The van der Waals surface area contributed by atoms with Crippen molar-refractivity contribution in [2.24, 2.45) is 0 Å². The summed E-state index contributed by atoms with van der Waals surface area (Å²) in [4.78, 5) is 14.1. The van der Waals surface area contributed by atoms with Crippen molar-refractivity contribution in [2.45, 2.75) is 13.5 Å². The van der Waals surface area contributed by atoms with Crippen LogP contribution in [0.25, 0.3) is 0 Å². The van der Waals surface area contributed by atoms with Crippen LogP contribution in [0.1, 0.15) is 17.5 Å². The molecule has 6 heteroatoms. The van der Waals surface area contributed by atoms with Crippen LogP contribution in [0.4, 0.5) is 0 Å². The number of aromatic nitrogens is 3. The molecule has 0 atom stereocenters. The van der Waals surface area contributed by atoms with E-state index in [-0.39, 0.29) is 5.82 Å². The number of rotatable bonds is 5. The summed E-state index contributed by atoms with van der Waals surface area (Å²) in [6.07, 6.45) is 1.22. The van der Waals surface area contributed by atoms with Crippen LogP contribution in [0, 0.1) is 0 Å². The average Bonchev–Trinajstić information content (AvgIpc) is 2.53. The van der Waals surface area contributed by atoms with Gasteiger partial charge in [-0.1, -0.05) is 0 Å². The van der Waals surface area contributed by atoms with Crippen molar-refractivity contribution < 1.29 is 14.6 Å². The van der Waals surface area contributed by atoms with Crippen molar-refractivity contribution in [1.29, 1.82) is 0 Å². The lowest BCUT2D eigenvalue weighted by Crippen LogP contribution is -2.14. The summed E-state index contributed by atoms with van der Waals surface area (Å²) in [6, 6.07) is 0. The first-order valence-electron chi connectivity index (χ1n) is 3.94. The van der Waals surface area contributed by atoms with E-state index in [4.69, 9.17) is 9.84 Å². The van der Waals surface area contributed by atoms with E-state index in [1.807, 2.05) is 6.92 Å². The average molecular weight is 185 g/mol. The molecular weight excluding hydrogens is 174 g/mol. The summed E-state index contributed by atoms with van der Waals surface area (Å²) in [5.74, 6) is -1.13. The number of carbonyl (C=O) groups is 1. The van der Waals surface area contributed by atoms with E-state index in [1.165, 1.54) is 11.0 Å². The molecule has 72 valence electrons. The Morgan fingerprint density at radius 1 is 1.77 bits per heavy atom. The van der Waals surface area contributed by atoms with E-state index >= 15 is 0 Å². The van der Waals surface area contributed by atoms with Gasteiger partial charge in [0.2, 0.25) is 5.82 Å². The highest BCUT2D eigenvalue weighted by Gasteiger charge is 2.10. The molecule has 0 aliphatic rings. The molecule has 0 bridgehead atoms. The fraction of sp³-hybridized carbons (Fsp3) is 0.571. The molecule has 0 aliphatic heterocycles. The highest BCUT2D eigenvalue weighted by molar-refractivity contribution is 5.83. The van der Waals surface area contributed by atoms with Crippen LogP contribution in [-0.2, 0) is 11.3 Å². The minimum Gasteiger partial charge on any atom is -0.475 e. The van der Waals surface area contributed by atoms with Gasteiger partial charge in [-0.2, -0.15) is 5.10 Å². The summed E-state index contributed by atoms with van der Waals surface area (Å²) >= 11 is 0. The van der Waals surface area contributed by atoms with Crippen LogP contribution in [0.15, 0.2) is 6.33 Å². The van der Waals surface area contributed by atoms with E-state index in [1.54, 1.807) is 0 Å². The van der Waals surface area contributed by atoms with Crippen LogP contribution in [0.2, 0.25) is 0 Å². The number of hydrogen-bond acceptors (Lipinski definition) is 4. The highest BCUT2D eigenvalue weighted by Crippen LogP contribution is 1.93. The molecule has 6 nitrogen and oxygen atoms in total. The van der Waals surface area contributed by atoms with Gasteiger partial charge in [0.05, 0.1) is 13.2 Å². The van der Waals surface area contributed by atoms with Gasteiger partial charge in [0.1, 0.15) is 6.33 Å². The SMILES string of the molecule is CCOCCn1ncnc1C(=O)O. The third-order valence-corrected chi connectivity index (χ3v) is 1.46. The smallest absolute Gasteiger partial charge is 0.373 e. The second kappa shape index (κ2) is 4.56. The molecular formula is C7H11N3O3. The zero-order chi connectivity index (χ0) is 9.68. The van der Waals surface area contributed by atoms with Crippen LogP contribution in [0.5, 0.6) is 0 Å². The van der Waals surface area contributed by atoms with Crippen molar-refractivity contribution >= 4 is 5.97 Å². The monoisotopic (exact) mass is 185 g/mol. The summed E-state index contributed by atoms with van der Waals surface area (Å²) < 4.78 is 6.36.